The number of hydrogen-bond donors (Lipinski definition) is 0. The molecule has 0 aliphatic carbocycles. The van der Waals surface area contributed by atoms with Crippen molar-refractivity contribution in [2.24, 2.45) is 0 Å². The first-order chi connectivity index (χ1) is 25.2. The molecule has 0 aliphatic rings. The Kier molecular flexibility index (Phi) is 7.75. The molecule has 9 aromatic rings. The molecule has 0 radical (unpaired) electrons. The van der Waals surface area contributed by atoms with E-state index in [2.05, 4.69) is 217 Å². The molecule has 2 nitrogen and oxygen atoms in total. The van der Waals surface area contributed by atoms with Gasteiger partial charge < -0.3 is 9.80 Å². The lowest BCUT2D eigenvalue weighted by molar-refractivity contribution is 1.22. The highest BCUT2D eigenvalue weighted by Crippen LogP contribution is 2.39. The van der Waals surface area contributed by atoms with E-state index in [1.807, 2.05) is 0 Å². The predicted molar refractivity (Wildman–Crippen MR) is 219 cm³/mol. The van der Waals surface area contributed by atoms with Gasteiger partial charge in [0.1, 0.15) is 0 Å². The average Bonchev–Trinajstić information content (AvgIpc) is 3.21. The molecule has 0 aliphatic heterocycles. The first kappa shape index (κ1) is 30.4. The van der Waals surface area contributed by atoms with Crippen LogP contribution in [0.4, 0.5) is 28.4 Å². The number of fused-ring (bicyclic) bond motifs is 4. The van der Waals surface area contributed by atoms with Crippen molar-refractivity contribution in [3.63, 3.8) is 0 Å². The summed E-state index contributed by atoms with van der Waals surface area (Å²) >= 11 is 0. The van der Waals surface area contributed by atoms with E-state index in [0.29, 0.717) is 0 Å². The SMILES string of the molecule is CN(c1ccc(-c2ccc(N(c3ccc(-c4ccccc4)cc3)c3ccc4ccccc4c3)cc2)cc1)c1cc2ccccc2c2ccccc12. The molecule has 0 amide bonds. The zero-order valence-corrected chi connectivity index (χ0v) is 28.4. The van der Waals surface area contributed by atoms with Crippen molar-refractivity contribution in [3.8, 4) is 22.3 Å². The Bertz CT molecular complexity index is 2620. The Morgan fingerprint density at radius 3 is 1.37 bits per heavy atom. The largest absolute Gasteiger partial charge is 0.344 e. The van der Waals surface area contributed by atoms with E-state index in [-0.39, 0.29) is 0 Å². The highest BCUT2D eigenvalue weighted by molar-refractivity contribution is 6.13. The van der Waals surface area contributed by atoms with Gasteiger partial charge in [-0.25, -0.2) is 0 Å². The molecule has 0 N–H and O–H groups in total. The number of rotatable bonds is 7. The topological polar surface area (TPSA) is 6.48 Å². The molecule has 9 aromatic carbocycles. The van der Waals surface area contributed by atoms with Gasteiger partial charge in [0.25, 0.3) is 0 Å². The van der Waals surface area contributed by atoms with Crippen LogP contribution in [-0.2, 0) is 0 Å². The molecule has 0 bridgehead atoms. The maximum atomic E-state index is 2.34. The van der Waals surface area contributed by atoms with Crippen LogP contribution in [0.25, 0.3) is 54.6 Å². The van der Waals surface area contributed by atoms with Crippen molar-refractivity contribution < 1.29 is 0 Å². The van der Waals surface area contributed by atoms with Crippen LogP contribution in [0.2, 0.25) is 0 Å². The van der Waals surface area contributed by atoms with Gasteiger partial charge in [0.2, 0.25) is 0 Å². The van der Waals surface area contributed by atoms with Crippen LogP contribution in [0.3, 0.4) is 0 Å². The third-order valence-corrected chi connectivity index (χ3v) is 10.0. The first-order valence-corrected chi connectivity index (χ1v) is 17.5. The molecule has 242 valence electrons. The van der Waals surface area contributed by atoms with Crippen LogP contribution < -0.4 is 9.80 Å². The fraction of sp³-hybridized carbons (Fsp3) is 0.0204. The van der Waals surface area contributed by atoms with Crippen molar-refractivity contribution in [2.45, 2.75) is 0 Å². The first-order valence-electron chi connectivity index (χ1n) is 17.5. The van der Waals surface area contributed by atoms with E-state index < -0.39 is 0 Å². The van der Waals surface area contributed by atoms with Crippen molar-refractivity contribution in [2.75, 3.05) is 16.8 Å². The van der Waals surface area contributed by atoms with Crippen LogP contribution in [0.1, 0.15) is 0 Å². The standard InChI is InChI=1S/C49H36N2/c1-50(49-34-41-15-7-8-16-46(41)47-17-9-10-18-48(47)49)42-26-19-38(20-27-42)39-23-30-44(31-24-39)51(45-32-25-36-13-5-6-14-40(36)33-45)43-28-21-37(22-29-43)35-11-3-2-4-12-35/h2-34H,1H3. The Balaban J connectivity index is 1.04. The fourth-order valence-electron chi connectivity index (χ4n) is 7.33. The fourth-order valence-corrected chi connectivity index (χ4v) is 7.33. The van der Waals surface area contributed by atoms with Crippen molar-refractivity contribution in [1.82, 2.24) is 0 Å². The third kappa shape index (κ3) is 5.77. The minimum Gasteiger partial charge on any atom is -0.344 e. The zero-order valence-electron chi connectivity index (χ0n) is 28.4. The van der Waals surface area contributed by atoms with Crippen molar-refractivity contribution >= 4 is 60.8 Å². The molecule has 0 unspecified atom stereocenters. The third-order valence-electron chi connectivity index (χ3n) is 10.0. The summed E-state index contributed by atoms with van der Waals surface area (Å²) in [6, 6.07) is 72.2. The molecule has 0 saturated heterocycles. The van der Waals surface area contributed by atoms with Gasteiger partial charge in [-0.15, -0.1) is 0 Å². The van der Waals surface area contributed by atoms with Gasteiger partial charge in [-0.3, -0.25) is 0 Å². The molecule has 0 atom stereocenters. The monoisotopic (exact) mass is 652 g/mol. The van der Waals surface area contributed by atoms with Crippen LogP contribution >= 0.6 is 0 Å². The second kappa shape index (κ2) is 13.0. The van der Waals surface area contributed by atoms with Gasteiger partial charge >= 0.3 is 0 Å². The van der Waals surface area contributed by atoms with Gasteiger partial charge in [0.15, 0.2) is 0 Å². The number of anilines is 5. The summed E-state index contributed by atoms with van der Waals surface area (Å²) in [6.07, 6.45) is 0. The number of nitrogens with zero attached hydrogens (tertiary/aromatic N) is 2. The summed E-state index contributed by atoms with van der Waals surface area (Å²) < 4.78 is 0. The maximum absolute atomic E-state index is 2.34. The predicted octanol–water partition coefficient (Wildman–Crippen LogP) is 13.7. The van der Waals surface area contributed by atoms with Gasteiger partial charge in [0, 0.05) is 40.9 Å². The van der Waals surface area contributed by atoms with Crippen molar-refractivity contribution in [3.05, 3.63) is 200 Å². The molecule has 9 rings (SSSR count). The molecule has 0 spiro atoms. The second-order valence-corrected chi connectivity index (χ2v) is 13.1. The minimum atomic E-state index is 1.11. The molecular weight excluding hydrogens is 617 g/mol. The van der Waals surface area contributed by atoms with Crippen LogP contribution in [0.15, 0.2) is 200 Å². The van der Waals surface area contributed by atoms with Crippen LogP contribution in [-0.4, -0.2) is 7.05 Å². The molecule has 0 saturated carbocycles. The highest BCUT2D eigenvalue weighted by Gasteiger charge is 2.15. The second-order valence-electron chi connectivity index (χ2n) is 13.1. The Hall–Kier alpha value is -6.64. The van der Waals surface area contributed by atoms with Gasteiger partial charge in [0.05, 0.1) is 0 Å². The van der Waals surface area contributed by atoms with E-state index in [1.54, 1.807) is 0 Å². The van der Waals surface area contributed by atoms with Gasteiger partial charge in [-0.05, 0) is 104 Å². The average molecular weight is 653 g/mol. The van der Waals surface area contributed by atoms with Crippen molar-refractivity contribution in [1.29, 1.82) is 0 Å². The summed E-state index contributed by atoms with van der Waals surface area (Å²) in [4.78, 5) is 4.64. The van der Waals surface area contributed by atoms with Gasteiger partial charge in [-0.1, -0.05) is 146 Å². The molecular formula is C49H36N2. The lowest BCUT2D eigenvalue weighted by Crippen LogP contribution is -2.10. The van der Waals surface area contributed by atoms with E-state index in [0.717, 1.165) is 22.7 Å². The minimum absolute atomic E-state index is 1.11. The lowest BCUT2D eigenvalue weighted by Gasteiger charge is -2.26. The van der Waals surface area contributed by atoms with E-state index >= 15 is 0 Å². The summed E-state index contributed by atoms with van der Waals surface area (Å²) in [7, 11) is 2.16. The highest BCUT2D eigenvalue weighted by atomic mass is 15.1. The quantitative estimate of drug-likeness (QED) is 0.158. The summed E-state index contributed by atoms with van der Waals surface area (Å²) in [5.41, 5.74) is 10.5. The normalized spacial score (nSPS) is 11.2. The van der Waals surface area contributed by atoms with Gasteiger partial charge in [-0.2, -0.15) is 0 Å². The Morgan fingerprint density at radius 1 is 0.294 bits per heavy atom. The molecule has 51 heavy (non-hydrogen) atoms. The van der Waals surface area contributed by atoms with E-state index in [4.69, 9.17) is 0 Å². The smallest absolute Gasteiger partial charge is 0.0494 e. The Labute approximate surface area is 299 Å². The van der Waals surface area contributed by atoms with E-state index in [9.17, 15) is 0 Å². The number of benzene rings is 9. The summed E-state index contributed by atoms with van der Waals surface area (Å²) in [6.45, 7) is 0. The summed E-state index contributed by atoms with van der Waals surface area (Å²) in [5.74, 6) is 0. The van der Waals surface area contributed by atoms with E-state index in [1.165, 1.54) is 60.3 Å². The maximum Gasteiger partial charge on any atom is 0.0494 e. The molecule has 0 fully saturated rings. The lowest BCUT2D eigenvalue weighted by atomic mass is 9.99. The summed E-state index contributed by atoms with van der Waals surface area (Å²) in [5, 5.41) is 7.52. The molecule has 2 heteroatoms. The number of hydrogen-bond acceptors (Lipinski definition) is 2. The van der Waals surface area contributed by atoms with Crippen LogP contribution in [0, 0.1) is 0 Å². The zero-order chi connectivity index (χ0) is 34.1. The molecule has 0 heterocycles. The van der Waals surface area contributed by atoms with Crippen LogP contribution in [0.5, 0.6) is 0 Å². The molecule has 0 aromatic heterocycles. The Morgan fingerprint density at radius 2 is 0.745 bits per heavy atom.